The van der Waals surface area contributed by atoms with Crippen LogP contribution >= 0.6 is 11.3 Å². The monoisotopic (exact) mass is 442 g/mol. The molecule has 0 saturated carbocycles. The number of nitrogens with two attached hydrogens (primary N) is 1. The molecular formula is C24H22N6OS. The van der Waals surface area contributed by atoms with Crippen molar-refractivity contribution in [1.29, 1.82) is 0 Å². The first kappa shape index (κ1) is 20.3. The van der Waals surface area contributed by atoms with E-state index in [4.69, 9.17) is 10.7 Å². The molecule has 5 aromatic rings. The lowest BCUT2D eigenvalue weighted by Gasteiger charge is -2.11. The minimum Gasteiger partial charge on any atom is -0.329 e. The predicted octanol–water partition coefficient (Wildman–Crippen LogP) is 3.91. The Morgan fingerprint density at radius 2 is 1.97 bits per heavy atom. The lowest BCUT2D eigenvalue weighted by molar-refractivity contribution is 0.102. The molecule has 3 heterocycles. The number of carbonyl (C=O) groups is 1. The van der Waals surface area contributed by atoms with Crippen molar-refractivity contribution in [2.24, 2.45) is 5.73 Å². The fourth-order valence-electron chi connectivity index (χ4n) is 3.70. The SMILES string of the molecule is NCCNCc1csc2nc(-c3ccccc3NC(=O)c3cccc4cccnc34)cn12. The van der Waals surface area contributed by atoms with E-state index in [9.17, 15) is 4.79 Å². The van der Waals surface area contributed by atoms with Crippen LogP contribution in [0.3, 0.4) is 0 Å². The van der Waals surface area contributed by atoms with Gasteiger partial charge in [0, 0.05) is 54.1 Å². The number of amides is 1. The topological polar surface area (TPSA) is 97.3 Å². The van der Waals surface area contributed by atoms with Gasteiger partial charge in [-0.3, -0.25) is 14.2 Å². The molecule has 2 aromatic carbocycles. The average molecular weight is 443 g/mol. The molecule has 8 heteroatoms. The third-order valence-corrected chi connectivity index (χ3v) is 6.13. The highest BCUT2D eigenvalue weighted by Gasteiger charge is 2.16. The average Bonchev–Trinajstić information content (AvgIpc) is 3.41. The maximum Gasteiger partial charge on any atom is 0.257 e. The number of nitrogens with zero attached hydrogens (tertiary/aromatic N) is 3. The number of para-hydroxylation sites is 2. The number of hydrogen-bond donors (Lipinski definition) is 3. The van der Waals surface area contributed by atoms with Crippen LogP contribution in [0.25, 0.3) is 27.1 Å². The van der Waals surface area contributed by atoms with Gasteiger partial charge in [0.25, 0.3) is 5.91 Å². The van der Waals surface area contributed by atoms with Crippen LogP contribution in [0, 0.1) is 0 Å². The second-order valence-electron chi connectivity index (χ2n) is 7.35. The number of aromatic nitrogens is 3. The van der Waals surface area contributed by atoms with Crippen molar-refractivity contribution in [2.45, 2.75) is 6.54 Å². The Labute approximate surface area is 188 Å². The first-order valence-electron chi connectivity index (χ1n) is 10.4. The lowest BCUT2D eigenvalue weighted by Crippen LogP contribution is -2.22. The minimum absolute atomic E-state index is 0.200. The Balaban J connectivity index is 1.46. The van der Waals surface area contributed by atoms with Crippen molar-refractivity contribution < 1.29 is 4.79 Å². The van der Waals surface area contributed by atoms with Crippen molar-refractivity contribution in [2.75, 3.05) is 18.4 Å². The quantitative estimate of drug-likeness (QED) is 0.332. The zero-order chi connectivity index (χ0) is 21.9. The standard InChI is InChI=1S/C24H22N6OS/c25-10-12-26-13-17-15-32-24-29-21(14-30(17)24)18-7-1-2-9-20(18)28-23(31)19-8-3-5-16-6-4-11-27-22(16)19/h1-9,11,14-15,26H,10,12-13,25H2,(H,28,31). The summed E-state index contributed by atoms with van der Waals surface area (Å²) < 4.78 is 2.08. The Morgan fingerprint density at radius 1 is 1.09 bits per heavy atom. The predicted molar refractivity (Wildman–Crippen MR) is 129 cm³/mol. The number of rotatable bonds is 7. The van der Waals surface area contributed by atoms with Gasteiger partial charge in [-0.1, -0.05) is 36.4 Å². The van der Waals surface area contributed by atoms with Gasteiger partial charge >= 0.3 is 0 Å². The highest BCUT2D eigenvalue weighted by atomic mass is 32.1. The van der Waals surface area contributed by atoms with Gasteiger partial charge in [0.1, 0.15) is 0 Å². The van der Waals surface area contributed by atoms with Gasteiger partial charge in [0.2, 0.25) is 0 Å². The molecule has 0 unspecified atom stereocenters. The summed E-state index contributed by atoms with van der Waals surface area (Å²) in [5.41, 5.74) is 10.3. The molecule has 0 fully saturated rings. The molecule has 160 valence electrons. The van der Waals surface area contributed by atoms with Crippen LogP contribution in [-0.2, 0) is 6.54 Å². The van der Waals surface area contributed by atoms with Gasteiger partial charge in [-0.15, -0.1) is 11.3 Å². The minimum atomic E-state index is -0.200. The summed E-state index contributed by atoms with van der Waals surface area (Å²) in [5.74, 6) is -0.200. The van der Waals surface area contributed by atoms with Crippen LogP contribution in [0.4, 0.5) is 5.69 Å². The van der Waals surface area contributed by atoms with E-state index in [1.165, 1.54) is 0 Å². The van der Waals surface area contributed by atoms with E-state index in [1.807, 2.05) is 54.7 Å². The zero-order valence-corrected chi connectivity index (χ0v) is 18.1. The molecule has 32 heavy (non-hydrogen) atoms. The second-order valence-corrected chi connectivity index (χ2v) is 8.19. The second kappa shape index (κ2) is 8.88. The summed E-state index contributed by atoms with van der Waals surface area (Å²) in [7, 11) is 0. The molecule has 5 rings (SSSR count). The normalized spacial score (nSPS) is 11.3. The third-order valence-electron chi connectivity index (χ3n) is 5.24. The van der Waals surface area contributed by atoms with Crippen molar-refractivity contribution in [3.63, 3.8) is 0 Å². The molecule has 4 N–H and O–H groups in total. The fraction of sp³-hybridized carbons (Fsp3) is 0.125. The van der Waals surface area contributed by atoms with E-state index in [-0.39, 0.29) is 5.91 Å². The number of nitrogens with one attached hydrogen (secondary N) is 2. The van der Waals surface area contributed by atoms with Gasteiger partial charge in [0.15, 0.2) is 4.96 Å². The van der Waals surface area contributed by atoms with Gasteiger partial charge in [0.05, 0.1) is 22.5 Å². The van der Waals surface area contributed by atoms with Crippen LogP contribution < -0.4 is 16.4 Å². The highest BCUT2D eigenvalue weighted by Crippen LogP contribution is 2.30. The molecule has 0 aliphatic rings. The van der Waals surface area contributed by atoms with E-state index < -0.39 is 0 Å². The van der Waals surface area contributed by atoms with Crippen molar-refractivity contribution >= 4 is 38.8 Å². The molecule has 0 saturated heterocycles. The molecule has 0 bridgehead atoms. The van der Waals surface area contributed by atoms with Gasteiger partial charge in [-0.25, -0.2) is 4.98 Å². The molecule has 1 amide bonds. The van der Waals surface area contributed by atoms with E-state index in [0.717, 1.165) is 40.4 Å². The summed E-state index contributed by atoms with van der Waals surface area (Å²) in [6.45, 7) is 2.08. The van der Waals surface area contributed by atoms with Crippen LogP contribution in [0.1, 0.15) is 16.1 Å². The molecule has 7 nitrogen and oxygen atoms in total. The lowest BCUT2D eigenvalue weighted by atomic mass is 10.1. The summed E-state index contributed by atoms with van der Waals surface area (Å²) in [4.78, 5) is 23.2. The highest BCUT2D eigenvalue weighted by molar-refractivity contribution is 7.15. The number of imidazole rings is 1. The van der Waals surface area contributed by atoms with Gasteiger partial charge < -0.3 is 16.4 Å². The van der Waals surface area contributed by atoms with E-state index in [0.29, 0.717) is 23.3 Å². The van der Waals surface area contributed by atoms with Crippen LogP contribution in [0.2, 0.25) is 0 Å². The first-order valence-corrected chi connectivity index (χ1v) is 11.2. The molecule has 3 aromatic heterocycles. The Morgan fingerprint density at radius 3 is 2.88 bits per heavy atom. The Hall–Kier alpha value is -3.59. The molecule has 0 aliphatic carbocycles. The number of anilines is 1. The number of pyridine rings is 1. The van der Waals surface area contributed by atoms with Gasteiger partial charge in [-0.2, -0.15) is 0 Å². The van der Waals surface area contributed by atoms with Crippen LogP contribution in [0.5, 0.6) is 0 Å². The number of benzene rings is 2. The number of thiazole rings is 1. The number of fused-ring (bicyclic) bond motifs is 2. The summed E-state index contributed by atoms with van der Waals surface area (Å²) >= 11 is 1.59. The van der Waals surface area contributed by atoms with E-state index in [1.54, 1.807) is 23.6 Å². The third kappa shape index (κ3) is 3.87. The van der Waals surface area contributed by atoms with Crippen molar-refractivity contribution in [3.8, 4) is 11.3 Å². The largest absolute Gasteiger partial charge is 0.329 e. The number of hydrogen-bond acceptors (Lipinski definition) is 6. The zero-order valence-electron chi connectivity index (χ0n) is 17.3. The molecule has 0 radical (unpaired) electrons. The fourth-order valence-corrected chi connectivity index (χ4v) is 4.57. The summed E-state index contributed by atoms with van der Waals surface area (Å²) in [5, 5.41) is 9.40. The number of carbonyl (C=O) groups excluding carboxylic acids is 1. The van der Waals surface area contributed by atoms with Gasteiger partial charge in [-0.05, 0) is 18.2 Å². The maximum atomic E-state index is 13.1. The smallest absolute Gasteiger partial charge is 0.257 e. The Bertz CT molecular complexity index is 1400. The van der Waals surface area contributed by atoms with Crippen molar-refractivity contribution in [1.82, 2.24) is 19.7 Å². The summed E-state index contributed by atoms with van der Waals surface area (Å²) in [6, 6.07) is 17.1. The van der Waals surface area contributed by atoms with Crippen molar-refractivity contribution in [3.05, 3.63) is 83.6 Å². The molecule has 0 aliphatic heterocycles. The maximum absolute atomic E-state index is 13.1. The van der Waals surface area contributed by atoms with E-state index >= 15 is 0 Å². The van der Waals surface area contributed by atoms with E-state index in [2.05, 4.69) is 25.4 Å². The van der Waals surface area contributed by atoms with Crippen LogP contribution in [0.15, 0.2) is 72.4 Å². The molecular weight excluding hydrogens is 420 g/mol. The first-order chi connectivity index (χ1) is 15.7. The summed E-state index contributed by atoms with van der Waals surface area (Å²) in [6.07, 6.45) is 3.71. The molecule has 0 atom stereocenters. The van der Waals surface area contributed by atoms with Crippen LogP contribution in [-0.4, -0.2) is 33.4 Å². The Kier molecular flexibility index (Phi) is 5.64. The molecule has 0 spiro atoms.